The SMILES string of the molecule is CC(C)c1cc2ccc[nH]c-2c1. The van der Waals surface area contributed by atoms with Gasteiger partial charge < -0.3 is 4.98 Å². The van der Waals surface area contributed by atoms with Crippen LogP contribution in [0.25, 0.3) is 11.3 Å². The number of rotatable bonds is 1. The van der Waals surface area contributed by atoms with Gasteiger partial charge in [0, 0.05) is 11.9 Å². The van der Waals surface area contributed by atoms with Crippen molar-refractivity contribution in [1.82, 2.24) is 4.98 Å². The Labute approximate surface area is 72.8 Å². The average Bonchev–Trinajstić information content (AvgIpc) is 2.46. The summed E-state index contributed by atoms with van der Waals surface area (Å²) < 4.78 is 0. The van der Waals surface area contributed by atoms with Gasteiger partial charge in [-0.15, -0.1) is 0 Å². The second-order valence-electron chi connectivity index (χ2n) is 3.48. The fourth-order valence-corrected chi connectivity index (χ4v) is 1.43. The van der Waals surface area contributed by atoms with Crippen LogP contribution in [0.3, 0.4) is 0 Å². The van der Waals surface area contributed by atoms with Crippen LogP contribution in [0.5, 0.6) is 0 Å². The lowest BCUT2D eigenvalue weighted by Crippen LogP contribution is -1.79. The molecule has 0 aromatic heterocycles. The molecule has 0 fully saturated rings. The van der Waals surface area contributed by atoms with E-state index in [1.165, 1.54) is 16.8 Å². The molecule has 0 aromatic carbocycles. The zero-order chi connectivity index (χ0) is 8.55. The van der Waals surface area contributed by atoms with Gasteiger partial charge in [0.15, 0.2) is 0 Å². The van der Waals surface area contributed by atoms with Crippen molar-refractivity contribution < 1.29 is 0 Å². The monoisotopic (exact) mass is 159 g/mol. The van der Waals surface area contributed by atoms with E-state index in [9.17, 15) is 0 Å². The van der Waals surface area contributed by atoms with Crippen molar-refractivity contribution in [2.45, 2.75) is 19.8 Å². The quantitative estimate of drug-likeness (QED) is 0.657. The van der Waals surface area contributed by atoms with E-state index in [2.05, 4.69) is 37.0 Å². The molecule has 2 rings (SSSR count). The standard InChI is InChI=1S/C11H13N/c1-8(2)10-6-9-4-3-5-12-11(9)7-10/h3-8,12H,1-2H3. The maximum Gasteiger partial charge on any atom is 0.0456 e. The van der Waals surface area contributed by atoms with Crippen LogP contribution in [0.15, 0.2) is 30.5 Å². The number of nitrogens with one attached hydrogen (secondary N) is 1. The summed E-state index contributed by atoms with van der Waals surface area (Å²) in [6, 6.07) is 8.64. The van der Waals surface area contributed by atoms with E-state index in [-0.39, 0.29) is 0 Å². The fourth-order valence-electron chi connectivity index (χ4n) is 1.43. The summed E-state index contributed by atoms with van der Waals surface area (Å²) in [6.07, 6.45) is 1.96. The first-order valence-electron chi connectivity index (χ1n) is 4.34. The minimum absolute atomic E-state index is 0.616. The summed E-state index contributed by atoms with van der Waals surface area (Å²) in [5, 5.41) is 0. The largest absolute Gasteiger partial charge is 0.361 e. The Morgan fingerprint density at radius 2 is 2.08 bits per heavy atom. The van der Waals surface area contributed by atoms with Crippen molar-refractivity contribution in [3.8, 4) is 11.3 Å². The average molecular weight is 159 g/mol. The van der Waals surface area contributed by atoms with E-state index < -0.39 is 0 Å². The number of aromatic nitrogens is 1. The maximum absolute atomic E-state index is 3.23. The third-order valence-electron chi connectivity index (χ3n) is 2.22. The Morgan fingerprint density at radius 1 is 1.25 bits per heavy atom. The molecule has 1 nitrogen and oxygen atoms in total. The molecule has 0 amide bonds. The maximum atomic E-state index is 3.23. The zero-order valence-corrected chi connectivity index (χ0v) is 7.46. The molecular formula is C11H13N. The highest BCUT2D eigenvalue weighted by Crippen LogP contribution is 2.27. The number of hydrogen-bond donors (Lipinski definition) is 1. The molecule has 0 bridgehead atoms. The molecule has 1 heteroatoms. The van der Waals surface area contributed by atoms with Crippen molar-refractivity contribution >= 4 is 0 Å². The first-order chi connectivity index (χ1) is 5.77. The smallest absolute Gasteiger partial charge is 0.0456 e. The van der Waals surface area contributed by atoms with Crippen molar-refractivity contribution in [3.05, 3.63) is 36.0 Å². The zero-order valence-electron chi connectivity index (χ0n) is 7.46. The molecule has 1 aliphatic heterocycles. The van der Waals surface area contributed by atoms with Crippen LogP contribution in [-0.4, -0.2) is 4.98 Å². The number of aromatic amines is 1. The second-order valence-corrected chi connectivity index (χ2v) is 3.48. The molecule has 0 unspecified atom stereocenters. The van der Waals surface area contributed by atoms with E-state index in [0.29, 0.717) is 5.92 Å². The Balaban J connectivity index is 2.56. The molecule has 0 atom stereocenters. The van der Waals surface area contributed by atoms with Crippen LogP contribution in [-0.2, 0) is 0 Å². The Morgan fingerprint density at radius 3 is 2.75 bits per heavy atom. The third kappa shape index (κ3) is 1.11. The molecule has 0 aromatic rings. The molecule has 1 N–H and O–H groups in total. The van der Waals surface area contributed by atoms with Gasteiger partial charge in [-0.2, -0.15) is 0 Å². The minimum atomic E-state index is 0.616. The summed E-state index contributed by atoms with van der Waals surface area (Å²) in [5.74, 6) is 0.616. The topological polar surface area (TPSA) is 15.8 Å². The lowest BCUT2D eigenvalue weighted by atomic mass is 10.1. The molecule has 62 valence electrons. The van der Waals surface area contributed by atoms with Crippen LogP contribution >= 0.6 is 0 Å². The molecule has 1 heterocycles. The van der Waals surface area contributed by atoms with Crippen molar-refractivity contribution in [3.63, 3.8) is 0 Å². The van der Waals surface area contributed by atoms with E-state index in [1.807, 2.05) is 12.3 Å². The van der Waals surface area contributed by atoms with E-state index in [1.54, 1.807) is 0 Å². The minimum Gasteiger partial charge on any atom is -0.361 e. The molecule has 2 aliphatic rings. The normalized spacial score (nSPS) is 11.2. The van der Waals surface area contributed by atoms with Crippen molar-refractivity contribution in [2.24, 2.45) is 0 Å². The molecule has 0 spiro atoms. The number of fused-ring (bicyclic) bond motifs is 1. The summed E-state index contributed by atoms with van der Waals surface area (Å²) in [4.78, 5) is 3.23. The van der Waals surface area contributed by atoms with Gasteiger partial charge in [-0.25, -0.2) is 0 Å². The number of H-pyrrole nitrogens is 1. The van der Waals surface area contributed by atoms with Gasteiger partial charge >= 0.3 is 0 Å². The molecule has 0 saturated heterocycles. The summed E-state index contributed by atoms with van der Waals surface area (Å²) in [6.45, 7) is 4.43. The van der Waals surface area contributed by atoms with Crippen LogP contribution in [0.2, 0.25) is 0 Å². The van der Waals surface area contributed by atoms with Gasteiger partial charge in [0.25, 0.3) is 0 Å². The molecule has 0 radical (unpaired) electrons. The van der Waals surface area contributed by atoms with Gasteiger partial charge in [-0.1, -0.05) is 19.9 Å². The number of hydrogen-bond acceptors (Lipinski definition) is 0. The van der Waals surface area contributed by atoms with E-state index in [0.717, 1.165) is 0 Å². The molecular weight excluding hydrogens is 146 g/mol. The van der Waals surface area contributed by atoms with Gasteiger partial charge in [0.1, 0.15) is 0 Å². The highest BCUT2D eigenvalue weighted by atomic mass is 14.7. The van der Waals surface area contributed by atoms with Crippen LogP contribution in [0.4, 0.5) is 0 Å². The fraction of sp³-hybridized carbons (Fsp3) is 0.273. The predicted octanol–water partition coefficient (Wildman–Crippen LogP) is 3.24. The molecule has 1 aliphatic carbocycles. The van der Waals surface area contributed by atoms with Crippen molar-refractivity contribution in [2.75, 3.05) is 0 Å². The summed E-state index contributed by atoms with van der Waals surface area (Å²) in [7, 11) is 0. The summed E-state index contributed by atoms with van der Waals surface area (Å²) in [5.41, 5.74) is 3.95. The Hall–Kier alpha value is -1.24. The Bertz CT molecular complexity index is 316. The predicted molar refractivity (Wildman–Crippen MR) is 51.5 cm³/mol. The number of pyridine rings is 1. The van der Waals surface area contributed by atoms with Gasteiger partial charge in [-0.05, 0) is 35.2 Å². The highest BCUT2D eigenvalue weighted by molar-refractivity contribution is 5.64. The first kappa shape index (κ1) is 7.41. The lowest BCUT2D eigenvalue weighted by Gasteiger charge is -1.96. The third-order valence-corrected chi connectivity index (χ3v) is 2.22. The van der Waals surface area contributed by atoms with Gasteiger partial charge in [-0.3, -0.25) is 0 Å². The van der Waals surface area contributed by atoms with Crippen molar-refractivity contribution in [1.29, 1.82) is 0 Å². The van der Waals surface area contributed by atoms with E-state index in [4.69, 9.17) is 0 Å². The molecule has 12 heavy (non-hydrogen) atoms. The van der Waals surface area contributed by atoms with Gasteiger partial charge in [0.2, 0.25) is 0 Å². The Kier molecular flexibility index (Phi) is 1.65. The van der Waals surface area contributed by atoms with Crippen LogP contribution in [0.1, 0.15) is 25.3 Å². The molecule has 0 saturated carbocycles. The van der Waals surface area contributed by atoms with Crippen LogP contribution in [0, 0.1) is 0 Å². The van der Waals surface area contributed by atoms with Gasteiger partial charge in [0.05, 0.1) is 0 Å². The van der Waals surface area contributed by atoms with E-state index >= 15 is 0 Å². The summed E-state index contributed by atoms with van der Waals surface area (Å²) >= 11 is 0. The highest BCUT2D eigenvalue weighted by Gasteiger charge is 2.07. The first-order valence-corrected chi connectivity index (χ1v) is 4.34. The second kappa shape index (κ2) is 2.67. The lowest BCUT2D eigenvalue weighted by molar-refractivity contribution is 0.872. The van der Waals surface area contributed by atoms with Crippen LogP contribution < -0.4 is 0 Å².